The Morgan fingerprint density at radius 2 is 2.00 bits per heavy atom. The molecule has 2 unspecified atom stereocenters. The highest BCUT2D eigenvalue weighted by Crippen LogP contribution is 2.26. The Kier molecular flexibility index (Phi) is 9.35. The summed E-state index contributed by atoms with van der Waals surface area (Å²) in [4.78, 5) is 8.52. The number of para-hydroxylation sites is 1. The van der Waals surface area contributed by atoms with Crippen molar-refractivity contribution >= 4 is 35.6 Å². The van der Waals surface area contributed by atoms with Gasteiger partial charge in [0.15, 0.2) is 5.96 Å². The van der Waals surface area contributed by atoms with Crippen LogP contribution in [0.3, 0.4) is 0 Å². The fraction of sp³-hybridized carbons (Fsp3) is 0.476. The van der Waals surface area contributed by atoms with Crippen LogP contribution in [0.15, 0.2) is 46.0 Å². The average Bonchev–Trinajstić information content (AvgIpc) is 3.34. The molecule has 0 aliphatic carbocycles. The lowest BCUT2D eigenvalue weighted by Gasteiger charge is -2.23. The molecule has 0 radical (unpaired) electrons. The molecule has 2 heterocycles. The van der Waals surface area contributed by atoms with E-state index in [9.17, 15) is 8.78 Å². The molecule has 1 saturated heterocycles. The van der Waals surface area contributed by atoms with Crippen molar-refractivity contribution in [1.82, 2.24) is 15.5 Å². The number of furan rings is 1. The minimum atomic E-state index is -0.529. The van der Waals surface area contributed by atoms with E-state index < -0.39 is 11.6 Å². The predicted molar refractivity (Wildman–Crippen MR) is 127 cm³/mol. The predicted octanol–water partition coefficient (Wildman–Crippen LogP) is 3.61. The lowest BCUT2D eigenvalue weighted by Crippen LogP contribution is -2.45. The van der Waals surface area contributed by atoms with Gasteiger partial charge in [0.05, 0.1) is 18.8 Å². The van der Waals surface area contributed by atoms with Crippen molar-refractivity contribution in [2.45, 2.75) is 25.4 Å². The molecule has 0 amide bonds. The summed E-state index contributed by atoms with van der Waals surface area (Å²) in [5.74, 6) is 0.487. The number of hydrogen-bond acceptors (Lipinski definition) is 4. The van der Waals surface area contributed by atoms with Crippen LogP contribution in [0, 0.1) is 11.6 Å². The Morgan fingerprint density at radius 3 is 2.60 bits per heavy atom. The number of halogens is 3. The summed E-state index contributed by atoms with van der Waals surface area (Å²) in [5.41, 5.74) is 0.0456. The molecule has 1 aliphatic heterocycles. The summed E-state index contributed by atoms with van der Waals surface area (Å²) in [6.45, 7) is 4.34. The van der Waals surface area contributed by atoms with Crippen molar-refractivity contribution in [2.75, 3.05) is 45.2 Å². The van der Waals surface area contributed by atoms with Crippen LogP contribution in [0.5, 0.6) is 0 Å². The minimum Gasteiger partial charge on any atom is -0.468 e. The van der Waals surface area contributed by atoms with Gasteiger partial charge in [0.1, 0.15) is 23.1 Å². The number of guanidine groups is 1. The minimum absolute atomic E-state index is 0. The van der Waals surface area contributed by atoms with Crippen LogP contribution in [0.25, 0.3) is 0 Å². The summed E-state index contributed by atoms with van der Waals surface area (Å²) < 4.78 is 33.7. The topological polar surface area (TPSA) is 56.0 Å². The Hall–Kier alpha value is -1.88. The number of likely N-dealkylation sites (N-methyl/N-ethyl adjacent to an activating group) is 1. The molecule has 1 aromatic heterocycles. The molecule has 30 heavy (non-hydrogen) atoms. The van der Waals surface area contributed by atoms with E-state index in [1.807, 2.05) is 33.2 Å². The molecule has 1 aliphatic rings. The van der Waals surface area contributed by atoms with E-state index in [0.29, 0.717) is 25.6 Å². The van der Waals surface area contributed by atoms with E-state index >= 15 is 0 Å². The molecule has 2 N–H and O–H groups in total. The van der Waals surface area contributed by atoms with Crippen LogP contribution in [-0.2, 0) is 0 Å². The molecule has 0 spiro atoms. The van der Waals surface area contributed by atoms with Crippen LogP contribution in [-0.4, -0.2) is 57.2 Å². The van der Waals surface area contributed by atoms with Crippen LogP contribution < -0.4 is 15.5 Å². The Labute approximate surface area is 193 Å². The first kappa shape index (κ1) is 24.4. The normalized spacial score (nSPS) is 17.7. The van der Waals surface area contributed by atoms with E-state index in [2.05, 4.69) is 15.5 Å². The molecule has 1 aromatic carbocycles. The number of benzene rings is 1. The van der Waals surface area contributed by atoms with E-state index in [0.717, 1.165) is 18.7 Å². The molecule has 3 rings (SSSR count). The highest BCUT2D eigenvalue weighted by molar-refractivity contribution is 14.0. The molecule has 1 fully saturated rings. The maximum Gasteiger partial charge on any atom is 0.191 e. The maximum atomic E-state index is 14.1. The second-order valence-corrected chi connectivity index (χ2v) is 7.36. The van der Waals surface area contributed by atoms with Crippen LogP contribution >= 0.6 is 24.0 Å². The molecule has 166 valence electrons. The first-order valence-corrected chi connectivity index (χ1v) is 9.93. The van der Waals surface area contributed by atoms with Gasteiger partial charge in [0.2, 0.25) is 0 Å². The quantitative estimate of drug-likeness (QED) is 0.324. The van der Waals surface area contributed by atoms with Gasteiger partial charge in [-0.1, -0.05) is 6.07 Å². The Bertz CT molecular complexity index is 795. The third kappa shape index (κ3) is 6.07. The third-order valence-electron chi connectivity index (χ3n) is 5.04. The SMILES string of the molecule is CCNC(=NCC(c1ccco1)N(C)C)NC1CCN(c2c(F)cccc2F)C1.I. The Morgan fingerprint density at radius 1 is 1.27 bits per heavy atom. The second kappa shape index (κ2) is 11.5. The van der Waals surface area contributed by atoms with Gasteiger partial charge in [0.25, 0.3) is 0 Å². The zero-order valence-corrected chi connectivity index (χ0v) is 19.9. The largest absolute Gasteiger partial charge is 0.468 e. The molecular weight excluding hydrogens is 503 g/mol. The smallest absolute Gasteiger partial charge is 0.191 e. The third-order valence-corrected chi connectivity index (χ3v) is 5.04. The van der Waals surface area contributed by atoms with Crippen molar-refractivity contribution in [2.24, 2.45) is 4.99 Å². The summed E-state index contributed by atoms with van der Waals surface area (Å²) >= 11 is 0. The first-order valence-electron chi connectivity index (χ1n) is 9.93. The number of anilines is 1. The van der Waals surface area contributed by atoms with Crippen LogP contribution in [0.2, 0.25) is 0 Å². The van der Waals surface area contributed by atoms with Gasteiger partial charge in [-0.2, -0.15) is 0 Å². The van der Waals surface area contributed by atoms with Crippen molar-refractivity contribution in [3.8, 4) is 0 Å². The molecule has 9 heteroatoms. The van der Waals surface area contributed by atoms with Crippen molar-refractivity contribution in [3.05, 3.63) is 54.0 Å². The number of nitrogens with zero attached hydrogens (tertiary/aromatic N) is 3. The van der Waals surface area contributed by atoms with E-state index in [1.54, 1.807) is 11.2 Å². The van der Waals surface area contributed by atoms with Crippen molar-refractivity contribution < 1.29 is 13.2 Å². The van der Waals surface area contributed by atoms with Crippen LogP contribution in [0.1, 0.15) is 25.1 Å². The van der Waals surface area contributed by atoms with E-state index in [-0.39, 0.29) is 41.7 Å². The van der Waals surface area contributed by atoms with Gasteiger partial charge in [-0.15, -0.1) is 24.0 Å². The number of aliphatic imine (C=N–C) groups is 1. The lowest BCUT2D eigenvalue weighted by atomic mass is 10.2. The second-order valence-electron chi connectivity index (χ2n) is 7.36. The molecular formula is C21H30F2IN5O. The highest BCUT2D eigenvalue weighted by Gasteiger charge is 2.27. The van der Waals surface area contributed by atoms with Crippen molar-refractivity contribution in [1.29, 1.82) is 0 Å². The monoisotopic (exact) mass is 533 g/mol. The summed E-state index contributed by atoms with van der Waals surface area (Å²) in [6.07, 6.45) is 2.43. The van der Waals surface area contributed by atoms with Gasteiger partial charge in [-0.05, 0) is 51.7 Å². The number of nitrogens with one attached hydrogen (secondary N) is 2. The van der Waals surface area contributed by atoms with Crippen molar-refractivity contribution in [3.63, 3.8) is 0 Å². The standard InChI is InChI=1S/C21H29F2N5O.HI/c1-4-24-21(25-13-18(27(2)3)19-9-6-12-29-19)26-15-10-11-28(14-15)20-16(22)7-5-8-17(20)23;/h5-9,12,15,18H,4,10-11,13-14H2,1-3H3,(H2,24,25,26);1H. The number of rotatable bonds is 7. The first-order chi connectivity index (χ1) is 14.0. The molecule has 0 saturated carbocycles. The fourth-order valence-electron chi connectivity index (χ4n) is 3.55. The van der Waals surface area contributed by atoms with Gasteiger partial charge >= 0.3 is 0 Å². The fourth-order valence-corrected chi connectivity index (χ4v) is 3.55. The molecule has 2 atom stereocenters. The zero-order valence-electron chi connectivity index (χ0n) is 17.6. The van der Waals surface area contributed by atoms with E-state index in [1.165, 1.54) is 18.2 Å². The molecule has 0 bridgehead atoms. The zero-order chi connectivity index (χ0) is 20.8. The van der Waals surface area contributed by atoms with Gasteiger partial charge in [-0.3, -0.25) is 9.89 Å². The van der Waals surface area contributed by atoms with Gasteiger partial charge in [-0.25, -0.2) is 8.78 Å². The van der Waals surface area contributed by atoms with Crippen LogP contribution in [0.4, 0.5) is 14.5 Å². The summed E-state index contributed by atoms with van der Waals surface area (Å²) in [7, 11) is 3.97. The summed E-state index contributed by atoms with van der Waals surface area (Å²) in [6, 6.07) is 7.85. The highest BCUT2D eigenvalue weighted by atomic mass is 127. The molecule has 6 nitrogen and oxygen atoms in total. The Balaban J connectivity index is 0.00000320. The molecule has 2 aromatic rings. The van der Waals surface area contributed by atoms with E-state index in [4.69, 9.17) is 9.41 Å². The average molecular weight is 533 g/mol. The van der Waals surface area contributed by atoms with Gasteiger partial charge in [0, 0.05) is 25.7 Å². The summed E-state index contributed by atoms with van der Waals surface area (Å²) in [5, 5.41) is 6.65. The van der Waals surface area contributed by atoms with Gasteiger partial charge < -0.3 is 20.0 Å². The lowest BCUT2D eigenvalue weighted by molar-refractivity contribution is 0.265. The maximum absolute atomic E-state index is 14.1. The number of hydrogen-bond donors (Lipinski definition) is 2.